The molecule has 1 aromatic heterocycles. The van der Waals surface area contributed by atoms with Gasteiger partial charge in [-0.25, -0.2) is 4.98 Å². The van der Waals surface area contributed by atoms with Crippen molar-refractivity contribution in [2.45, 2.75) is 40.0 Å². The molecule has 0 spiro atoms. The summed E-state index contributed by atoms with van der Waals surface area (Å²) in [6, 6.07) is 8.32. The van der Waals surface area contributed by atoms with Crippen molar-refractivity contribution in [2.24, 2.45) is 0 Å². The minimum atomic E-state index is 0.167. The summed E-state index contributed by atoms with van der Waals surface area (Å²) in [7, 11) is 0. The molecule has 19 heavy (non-hydrogen) atoms. The lowest BCUT2D eigenvalue weighted by molar-refractivity contribution is 0.0996. The van der Waals surface area contributed by atoms with E-state index < -0.39 is 0 Å². The first-order chi connectivity index (χ1) is 8.97. The van der Waals surface area contributed by atoms with Gasteiger partial charge in [-0.2, -0.15) is 0 Å². The lowest BCUT2D eigenvalue weighted by atomic mass is 10.00. The van der Waals surface area contributed by atoms with E-state index in [0.717, 1.165) is 21.1 Å². The van der Waals surface area contributed by atoms with E-state index in [9.17, 15) is 4.79 Å². The number of hydrogen-bond donors (Lipinski definition) is 0. The second-order valence-corrected chi connectivity index (χ2v) is 6.35. The van der Waals surface area contributed by atoms with Gasteiger partial charge in [-0.3, -0.25) is 4.79 Å². The van der Waals surface area contributed by atoms with Gasteiger partial charge in [0.25, 0.3) is 0 Å². The Kier molecular flexibility index (Phi) is 4.15. The molecule has 2 nitrogen and oxygen atoms in total. The summed E-state index contributed by atoms with van der Waals surface area (Å²) in [5, 5.41) is 0.955. The average molecular weight is 273 g/mol. The summed E-state index contributed by atoms with van der Waals surface area (Å²) in [4.78, 5) is 17.3. The van der Waals surface area contributed by atoms with E-state index in [1.165, 1.54) is 16.9 Å². The van der Waals surface area contributed by atoms with Crippen molar-refractivity contribution in [1.29, 1.82) is 0 Å². The summed E-state index contributed by atoms with van der Waals surface area (Å²) in [6.45, 7) is 8.18. The molecule has 0 aliphatic carbocycles. The highest BCUT2D eigenvalue weighted by atomic mass is 32.1. The summed E-state index contributed by atoms with van der Waals surface area (Å²) < 4.78 is 0. The number of aromatic nitrogens is 1. The smallest absolute Gasteiger partial charge is 0.179 e. The third-order valence-electron chi connectivity index (χ3n) is 3.17. The molecular formula is C16H19NOS. The molecule has 0 N–H and O–H groups in total. The number of benzene rings is 1. The Bertz CT molecular complexity index is 581. The van der Waals surface area contributed by atoms with Gasteiger partial charge in [0.1, 0.15) is 0 Å². The van der Waals surface area contributed by atoms with Crippen LogP contribution >= 0.6 is 11.3 Å². The second kappa shape index (κ2) is 5.66. The number of hydrogen-bond acceptors (Lipinski definition) is 3. The largest absolute Gasteiger partial charge is 0.293 e. The maximum atomic E-state index is 12.2. The van der Waals surface area contributed by atoms with Crippen LogP contribution in [0, 0.1) is 13.8 Å². The summed E-state index contributed by atoms with van der Waals surface area (Å²) in [5.41, 5.74) is 3.23. The lowest BCUT2D eigenvalue weighted by Gasteiger charge is -2.06. The predicted molar refractivity (Wildman–Crippen MR) is 80.2 cm³/mol. The molecule has 1 heterocycles. The van der Waals surface area contributed by atoms with Crippen LogP contribution in [0.15, 0.2) is 24.3 Å². The van der Waals surface area contributed by atoms with Gasteiger partial charge >= 0.3 is 0 Å². The van der Waals surface area contributed by atoms with E-state index in [1.807, 2.05) is 13.8 Å². The van der Waals surface area contributed by atoms with Crippen molar-refractivity contribution in [1.82, 2.24) is 4.98 Å². The molecule has 0 atom stereocenters. The van der Waals surface area contributed by atoms with Crippen LogP contribution in [0.5, 0.6) is 0 Å². The fourth-order valence-corrected chi connectivity index (χ4v) is 2.93. The van der Waals surface area contributed by atoms with Gasteiger partial charge in [0.15, 0.2) is 5.78 Å². The van der Waals surface area contributed by atoms with Gasteiger partial charge in [0, 0.05) is 6.42 Å². The Morgan fingerprint density at radius 3 is 2.32 bits per heavy atom. The van der Waals surface area contributed by atoms with Gasteiger partial charge < -0.3 is 0 Å². The highest BCUT2D eigenvalue weighted by molar-refractivity contribution is 7.13. The third-order valence-corrected chi connectivity index (χ3v) is 4.28. The Labute approximate surface area is 118 Å². The normalized spacial score (nSPS) is 11.0. The van der Waals surface area contributed by atoms with Crippen LogP contribution in [0.25, 0.3) is 0 Å². The summed E-state index contributed by atoms with van der Waals surface area (Å²) in [5.74, 6) is 0.691. The summed E-state index contributed by atoms with van der Waals surface area (Å²) in [6.07, 6.45) is 0.459. The van der Waals surface area contributed by atoms with Crippen LogP contribution < -0.4 is 0 Å². The minimum Gasteiger partial charge on any atom is -0.293 e. The quantitative estimate of drug-likeness (QED) is 0.777. The van der Waals surface area contributed by atoms with Crippen LogP contribution in [-0.4, -0.2) is 10.8 Å². The second-order valence-electron chi connectivity index (χ2n) is 5.14. The van der Waals surface area contributed by atoms with Crippen molar-refractivity contribution in [3.63, 3.8) is 0 Å². The molecule has 0 aliphatic rings. The third kappa shape index (κ3) is 3.29. The molecule has 1 aromatic carbocycles. The van der Waals surface area contributed by atoms with Crippen molar-refractivity contribution in [2.75, 3.05) is 0 Å². The Morgan fingerprint density at radius 2 is 1.84 bits per heavy atom. The van der Waals surface area contributed by atoms with Gasteiger partial charge in [-0.1, -0.05) is 38.1 Å². The first-order valence-corrected chi connectivity index (χ1v) is 7.35. The highest BCUT2D eigenvalue weighted by Gasteiger charge is 2.14. The maximum absolute atomic E-state index is 12.2. The number of rotatable bonds is 4. The Morgan fingerprint density at radius 1 is 1.21 bits per heavy atom. The zero-order valence-corrected chi connectivity index (χ0v) is 12.7. The van der Waals surface area contributed by atoms with E-state index in [0.29, 0.717) is 12.3 Å². The van der Waals surface area contributed by atoms with Crippen LogP contribution in [0.2, 0.25) is 0 Å². The maximum Gasteiger partial charge on any atom is 0.179 e. The molecule has 0 saturated heterocycles. The number of carbonyl (C=O) groups is 1. The van der Waals surface area contributed by atoms with E-state index >= 15 is 0 Å². The van der Waals surface area contributed by atoms with E-state index in [4.69, 9.17) is 0 Å². The first kappa shape index (κ1) is 13.9. The SMILES string of the molecule is Cc1nc(C)c(C(=O)Cc2ccc(C(C)C)cc2)s1. The molecule has 0 aliphatic heterocycles. The number of ketones is 1. The number of Topliss-reactive ketones (excluding diaryl/α,β-unsaturated/α-hetero) is 1. The van der Waals surface area contributed by atoms with Crippen LogP contribution in [0.3, 0.4) is 0 Å². The molecule has 100 valence electrons. The molecule has 0 unspecified atom stereocenters. The van der Waals surface area contributed by atoms with Crippen LogP contribution in [-0.2, 0) is 6.42 Å². The van der Waals surface area contributed by atoms with E-state index in [-0.39, 0.29) is 5.78 Å². The molecule has 3 heteroatoms. The summed E-state index contributed by atoms with van der Waals surface area (Å²) >= 11 is 1.49. The zero-order chi connectivity index (χ0) is 14.0. The van der Waals surface area contributed by atoms with E-state index in [2.05, 4.69) is 43.1 Å². The van der Waals surface area contributed by atoms with Gasteiger partial charge in [0.05, 0.1) is 15.6 Å². The highest BCUT2D eigenvalue weighted by Crippen LogP contribution is 2.20. The monoisotopic (exact) mass is 273 g/mol. The fraction of sp³-hybridized carbons (Fsp3) is 0.375. The molecule has 0 saturated carbocycles. The number of aryl methyl sites for hydroxylation is 2. The van der Waals surface area contributed by atoms with Crippen LogP contribution in [0.4, 0.5) is 0 Å². The van der Waals surface area contributed by atoms with Gasteiger partial charge in [-0.15, -0.1) is 11.3 Å². The fourth-order valence-electron chi connectivity index (χ4n) is 2.08. The molecule has 0 radical (unpaired) electrons. The molecular weight excluding hydrogens is 254 g/mol. The molecule has 0 bridgehead atoms. The minimum absolute atomic E-state index is 0.167. The average Bonchev–Trinajstić information content (AvgIpc) is 2.69. The number of nitrogens with zero attached hydrogens (tertiary/aromatic N) is 1. The topological polar surface area (TPSA) is 30.0 Å². The Balaban J connectivity index is 2.13. The van der Waals surface area contributed by atoms with Gasteiger partial charge in [-0.05, 0) is 30.9 Å². The van der Waals surface area contributed by atoms with Crippen molar-refractivity contribution >= 4 is 17.1 Å². The number of thiazole rings is 1. The van der Waals surface area contributed by atoms with Crippen molar-refractivity contribution in [3.05, 3.63) is 51.0 Å². The van der Waals surface area contributed by atoms with Crippen molar-refractivity contribution in [3.8, 4) is 0 Å². The van der Waals surface area contributed by atoms with E-state index in [1.54, 1.807) is 0 Å². The van der Waals surface area contributed by atoms with Crippen molar-refractivity contribution < 1.29 is 4.79 Å². The van der Waals surface area contributed by atoms with Gasteiger partial charge in [0.2, 0.25) is 0 Å². The lowest BCUT2D eigenvalue weighted by Crippen LogP contribution is -2.03. The standard InChI is InChI=1S/C16H19NOS/c1-10(2)14-7-5-13(6-8-14)9-15(18)16-11(3)17-12(4)19-16/h5-8,10H,9H2,1-4H3. The number of carbonyl (C=O) groups excluding carboxylic acids is 1. The zero-order valence-electron chi connectivity index (χ0n) is 11.9. The molecule has 2 aromatic rings. The van der Waals surface area contributed by atoms with Crippen LogP contribution in [0.1, 0.15) is 51.3 Å². The predicted octanol–water partition coefficient (Wildman–Crippen LogP) is 4.31. The Hall–Kier alpha value is -1.48. The molecule has 0 fully saturated rings. The molecule has 2 rings (SSSR count). The first-order valence-electron chi connectivity index (χ1n) is 6.53. The molecule has 0 amide bonds.